The molecule has 2 aromatic rings. The second kappa shape index (κ2) is 8.46. The van der Waals surface area contributed by atoms with Crippen molar-refractivity contribution in [2.45, 2.75) is 38.0 Å². The van der Waals surface area contributed by atoms with Crippen molar-refractivity contribution in [1.82, 2.24) is 5.32 Å². The van der Waals surface area contributed by atoms with Gasteiger partial charge in [-0.1, -0.05) is 35.9 Å². The minimum atomic E-state index is -0.384. The van der Waals surface area contributed by atoms with E-state index in [1.54, 1.807) is 27.4 Å². The second-order valence-electron chi connectivity index (χ2n) is 8.06. The highest BCUT2D eigenvalue weighted by atomic mass is 16.5. The average Bonchev–Trinajstić information content (AvgIpc) is 2.77. The van der Waals surface area contributed by atoms with Gasteiger partial charge < -0.3 is 19.5 Å². The van der Waals surface area contributed by atoms with Crippen LogP contribution < -0.4 is 19.5 Å². The summed E-state index contributed by atoms with van der Waals surface area (Å²) in [5, 5.41) is 2.97. The number of amides is 1. The first-order chi connectivity index (χ1) is 15.0. The summed E-state index contributed by atoms with van der Waals surface area (Å²) in [6.07, 6.45) is 1.23. The molecule has 162 valence electrons. The van der Waals surface area contributed by atoms with E-state index in [9.17, 15) is 9.59 Å². The maximum atomic E-state index is 13.3. The van der Waals surface area contributed by atoms with Crippen LogP contribution in [0, 0.1) is 6.92 Å². The van der Waals surface area contributed by atoms with Crippen LogP contribution in [0.1, 0.15) is 47.8 Å². The van der Waals surface area contributed by atoms with Crippen LogP contribution in [0.5, 0.6) is 17.2 Å². The van der Waals surface area contributed by atoms with E-state index in [1.807, 2.05) is 13.0 Å². The lowest BCUT2D eigenvalue weighted by Crippen LogP contribution is -2.38. The van der Waals surface area contributed by atoms with Gasteiger partial charge in [0.25, 0.3) is 0 Å². The number of nitrogens with one attached hydrogen (secondary N) is 1. The van der Waals surface area contributed by atoms with E-state index in [0.29, 0.717) is 35.7 Å². The number of hydrogen-bond acceptors (Lipinski definition) is 5. The zero-order valence-corrected chi connectivity index (χ0v) is 18.3. The number of benzene rings is 2. The molecule has 1 N–H and O–H groups in total. The SMILES string of the molecule is COc1ccc(C2CC(=O)NC3=C2C(=O)CC(c2ccc(C)cc2)C3)c(OC)c1OC. The second-order valence-corrected chi connectivity index (χ2v) is 8.06. The zero-order chi connectivity index (χ0) is 22.1. The number of carbonyl (C=O) groups excluding carboxylic acids is 2. The Morgan fingerprint density at radius 3 is 2.19 bits per heavy atom. The van der Waals surface area contributed by atoms with Gasteiger partial charge >= 0.3 is 0 Å². The fourth-order valence-electron chi connectivity index (χ4n) is 4.70. The summed E-state index contributed by atoms with van der Waals surface area (Å²) in [6.45, 7) is 2.04. The summed E-state index contributed by atoms with van der Waals surface area (Å²) in [7, 11) is 4.65. The van der Waals surface area contributed by atoms with Crippen LogP contribution in [0.25, 0.3) is 0 Å². The molecule has 0 fully saturated rings. The molecule has 2 unspecified atom stereocenters. The van der Waals surface area contributed by atoms with Gasteiger partial charge in [-0.15, -0.1) is 0 Å². The minimum absolute atomic E-state index is 0.0539. The van der Waals surface area contributed by atoms with Crippen molar-refractivity contribution in [2.75, 3.05) is 21.3 Å². The van der Waals surface area contributed by atoms with Gasteiger partial charge in [0.2, 0.25) is 11.7 Å². The van der Waals surface area contributed by atoms with E-state index >= 15 is 0 Å². The van der Waals surface area contributed by atoms with Gasteiger partial charge in [-0.2, -0.15) is 0 Å². The van der Waals surface area contributed by atoms with E-state index in [0.717, 1.165) is 16.8 Å². The van der Waals surface area contributed by atoms with E-state index in [-0.39, 0.29) is 29.9 Å². The van der Waals surface area contributed by atoms with Gasteiger partial charge in [-0.3, -0.25) is 9.59 Å². The van der Waals surface area contributed by atoms with Crippen molar-refractivity contribution in [3.63, 3.8) is 0 Å². The first-order valence-corrected chi connectivity index (χ1v) is 10.4. The van der Waals surface area contributed by atoms with Crippen LogP contribution in [-0.2, 0) is 9.59 Å². The van der Waals surface area contributed by atoms with Gasteiger partial charge in [-0.05, 0) is 30.9 Å². The lowest BCUT2D eigenvalue weighted by Gasteiger charge is -2.35. The standard InChI is InChI=1S/C25H27NO5/c1-14-5-7-15(8-6-14)16-11-19-23(20(27)12-16)18(13-22(28)26-19)17-9-10-21(29-2)25(31-4)24(17)30-3/h5-10,16,18H,11-13H2,1-4H3,(H,26,28). The predicted octanol–water partition coefficient (Wildman–Crippen LogP) is 4.03. The Morgan fingerprint density at radius 1 is 0.839 bits per heavy atom. The topological polar surface area (TPSA) is 73.9 Å². The monoisotopic (exact) mass is 421 g/mol. The van der Waals surface area contributed by atoms with Gasteiger partial charge in [0, 0.05) is 35.6 Å². The molecule has 6 nitrogen and oxygen atoms in total. The van der Waals surface area contributed by atoms with Crippen LogP contribution in [-0.4, -0.2) is 33.0 Å². The van der Waals surface area contributed by atoms with Crippen molar-refractivity contribution in [1.29, 1.82) is 0 Å². The Morgan fingerprint density at radius 2 is 1.55 bits per heavy atom. The highest BCUT2D eigenvalue weighted by Gasteiger charge is 2.39. The molecule has 0 bridgehead atoms. The summed E-state index contributed by atoms with van der Waals surface area (Å²) in [4.78, 5) is 26.0. The maximum absolute atomic E-state index is 13.3. The molecule has 31 heavy (non-hydrogen) atoms. The summed E-state index contributed by atoms with van der Waals surface area (Å²) in [6, 6.07) is 11.9. The maximum Gasteiger partial charge on any atom is 0.225 e. The van der Waals surface area contributed by atoms with Crippen LogP contribution in [0.3, 0.4) is 0 Å². The first kappa shape index (κ1) is 21.0. The highest BCUT2D eigenvalue weighted by molar-refractivity contribution is 6.02. The normalized spacial score (nSPS) is 20.8. The molecule has 2 aliphatic rings. The van der Waals surface area contributed by atoms with Crippen molar-refractivity contribution in [2.24, 2.45) is 0 Å². The third-order valence-corrected chi connectivity index (χ3v) is 6.19. The predicted molar refractivity (Wildman–Crippen MR) is 117 cm³/mol. The van der Waals surface area contributed by atoms with Gasteiger partial charge in [0.05, 0.1) is 21.3 Å². The number of allylic oxidation sites excluding steroid dienone is 2. The molecule has 0 saturated carbocycles. The molecule has 0 saturated heterocycles. The summed E-state index contributed by atoms with van der Waals surface area (Å²) in [5.41, 5.74) is 4.45. The van der Waals surface area contributed by atoms with E-state index in [1.165, 1.54) is 5.56 Å². The number of rotatable bonds is 5. The number of carbonyl (C=O) groups is 2. The molecular formula is C25H27NO5. The number of aryl methyl sites for hydroxylation is 1. The number of Topliss-reactive ketones (excluding diaryl/α,β-unsaturated/α-hetero) is 1. The van der Waals surface area contributed by atoms with E-state index in [4.69, 9.17) is 14.2 Å². The van der Waals surface area contributed by atoms with Crippen molar-refractivity contribution >= 4 is 11.7 Å². The van der Waals surface area contributed by atoms with Gasteiger partial charge in [-0.25, -0.2) is 0 Å². The molecule has 6 heteroatoms. The molecule has 2 atom stereocenters. The lowest BCUT2D eigenvalue weighted by molar-refractivity contribution is -0.122. The Labute approximate surface area is 182 Å². The van der Waals surface area contributed by atoms with Crippen molar-refractivity contribution in [3.8, 4) is 17.2 Å². The Kier molecular flexibility index (Phi) is 5.72. The van der Waals surface area contributed by atoms with Crippen LogP contribution in [0.15, 0.2) is 47.7 Å². The fraction of sp³-hybridized carbons (Fsp3) is 0.360. The quantitative estimate of drug-likeness (QED) is 0.789. The number of hydrogen-bond donors (Lipinski definition) is 1. The third kappa shape index (κ3) is 3.78. The smallest absolute Gasteiger partial charge is 0.225 e. The number of methoxy groups -OCH3 is 3. The molecule has 1 amide bonds. The van der Waals surface area contributed by atoms with Gasteiger partial charge in [0.15, 0.2) is 17.3 Å². The first-order valence-electron chi connectivity index (χ1n) is 10.4. The number of ketones is 1. The van der Waals surface area contributed by atoms with Crippen LogP contribution in [0.2, 0.25) is 0 Å². The van der Waals surface area contributed by atoms with E-state index in [2.05, 4.69) is 29.6 Å². The minimum Gasteiger partial charge on any atom is -0.493 e. The molecule has 0 spiro atoms. The summed E-state index contributed by atoms with van der Waals surface area (Å²) < 4.78 is 16.5. The molecule has 0 radical (unpaired) electrons. The van der Waals surface area contributed by atoms with Crippen molar-refractivity contribution < 1.29 is 23.8 Å². The lowest BCUT2D eigenvalue weighted by atomic mass is 9.73. The molecule has 1 aliphatic heterocycles. The molecule has 0 aromatic heterocycles. The Balaban J connectivity index is 1.77. The Bertz CT molecular complexity index is 1050. The molecular weight excluding hydrogens is 394 g/mol. The molecule has 4 rings (SSSR count). The molecule has 1 heterocycles. The fourth-order valence-corrected chi connectivity index (χ4v) is 4.70. The average molecular weight is 421 g/mol. The van der Waals surface area contributed by atoms with Crippen LogP contribution in [0.4, 0.5) is 0 Å². The Hall–Kier alpha value is -3.28. The summed E-state index contributed by atoms with van der Waals surface area (Å²) >= 11 is 0. The molecule has 2 aromatic carbocycles. The summed E-state index contributed by atoms with van der Waals surface area (Å²) in [5.74, 6) is 1.11. The van der Waals surface area contributed by atoms with Crippen molar-refractivity contribution in [3.05, 3.63) is 64.4 Å². The van der Waals surface area contributed by atoms with E-state index < -0.39 is 0 Å². The highest BCUT2D eigenvalue weighted by Crippen LogP contribution is 2.49. The largest absolute Gasteiger partial charge is 0.493 e. The third-order valence-electron chi connectivity index (χ3n) is 6.19. The zero-order valence-electron chi connectivity index (χ0n) is 18.3. The molecule has 1 aliphatic carbocycles. The number of ether oxygens (including phenoxy) is 3. The van der Waals surface area contributed by atoms with Gasteiger partial charge in [0.1, 0.15) is 0 Å². The van der Waals surface area contributed by atoms with Crippen LogP contribution >= 0.6 is 0 Å².